The van der Waals surface area contributed by atoms with Crippen molar-refractivity contribution >= 4 is 28.6 Å². The molecule has 0 aromatic heterocycles. The van der Waals surface area contributed by atoms with Crippen LogP contribution in [-0.2, 0) is 9.09 Å². The van der Waals surface area contributed by atoms with Crippen molar-refractivity contribution < 1.29 is 9.09 Å². The number of hydrogen-bond acceptors (Lipinski definition) is 2. The van der Waals surface area contributed by atoms with Crippen molar-refractivity contribution in [2.24, 2.45) is 5.92 Å². The van der Waals surface area contributed by atoms with Gasteiger partial charge in [-0.3, -0.25) is 0 Å². The summed E-state index contributed by atoms with van der Waals surface area (Å²) in [5.41, 5.74) is 0.974. The first kappa shape index (κ1) is 11.1. The van der Waals surface area contributed by atoms with Crippen LogP contribution in [0.1, 0.15) is 6.42 Å². The van der Waals surface area contributed by atoms with Crippen LogP contribution >= 0.6 is 28.6 Å². The fraction of sp³-hybridized carbons (Fsp3) is 0.200. The van der Waals surface area contributed by atoms with Gasteiger partial charge in [0.25, 0.3) is 0 Å². The number of hydrogen-bond donors (Lipinski definition) is 0. The van der Waals surface area contributed by atoms with Crippen molar-refractivity contribution in [1.82, 2.24) is 0 Å². The van der Waals surface area contributed by atoms with Crippen molar-refractivity contribution in [3.63, 3.8) is 0 Å². The Morgan fingerprint density at radius 2 is 2.13 bits per heavy atom. The van der Waals surface area contributed by atoms with Crippen LogP contribution in [0.3, 0.4) is 0 Å². The lowest BCUT2D eigenvalue weighted by molar-refractivity contribution is 0.433. The monoisotopic (exact) mass is 262 g/mol. The van der Waals surface area contributed by atoms with Gasteiger partial charge in [0.1, 0.15) is 5.76 Å². The van der Waals surface area contributed by atoms with Crippen LogP contribution in [0.25, 0.3) is 0 Å². The Bertz CT molecular complexity index is 429. The van der Waals surface area contributed by atoms with Crippen molar-refractivity contribution in [3.05, 3.63) is 47.8 Å². The first-order valence-electron chi connectivity index (χ1n) is 4.51. The van der Waals surface area contributed by atoms with Crippen LogP contribution in [0.5, 0.6) is 0 Å². The van der Waals surface area contributed by atoms with Gasteiger partial charge >= 0.3 is 6.07 Å². The molecule has 0 aromatic rings. The number of fused-ring (bicyclic) bond motifs is 1. The van der Waals surface area contributed by atoms with Gasteiger partial charge in [-0.05, 0) is 12.5 Å². The molecule has 0 aliphatic heterocycles. The molecule has 80 valence electrons. The zero-order valence-electron chi connectivity index (χ0n) is 7.77. The van der Waals surface area contributed by atoms with Crippen LogP contribution in [-0.4, -0.2) is 0 Å². The number of allylic oxidation sites excluding steroid dienone is 7. The normalized spacial score (nSPS) is 24.3. The molecule has 15 heavy (non-hydrogen) atoms. The summed E-state index contributed by atoms with van der Waals surface area (Å²) >= 11 is 10.8. The molecule has 0 saturated carbocycles. The third-order valence-electron chi connectivity index (χ3n) is 2.28. The second-order valence-electron chi connectivity index (χ2n) is 3.31. The lowest BCUT2D eigenvalue weighted by atomic mass is 9.87. The van der Waals surface area contributed by atoms with E-state index in [0.29, 0.717) is 5.76 Å². The molecule has 0 spiro atoms. The van der Waals surface area contributed by atoms with E-state index in [4.69, 9.17) is 27.0 Å². The summed E-state index contributed by atoms with van der Waals surface area (Å²) in [4.78, 5) is 0. The van der Waals surface area contributed by atoms with E-state index < -0.39 is 6.07 Å². The Morgan fingerprint density at radius 1 is 1.33 bits per heavy atom. The SMILES string of the molecule is O=P(Cl)(Cl)OC1=C2C=CC=CC2CC=C1. The lowest BCUT2D eigenvalue weighted by Gasteiger charge is -2.22. The van der Waals surface area contributed by atoms with Gasteiger partial charge < -0.3 is 4.52 Å². The zero-order valence-corrected chi connectivity index (χ0v) is 10.2. The van der Waals surface area contributed by atoms with Gasteiger partial charge in [-0.2, -0.15) is 0 Å². The summed E-state index contributed by atoms with van der Waals surface area (Å²) in [7, 11) is 0. The highest BCUT2D eigenvalue weighted by atomic mass is 35.9. The Hall–Kier alpha value is -0.430. The Labute approximate surface area is 97.9 Å². The van der Waals surface area contributed by atoms with Crippen LogP contribution in [0.15, 0.2) is 47.8 Å². The van der Waals surface area contributed by atoms with E-state index in [-0.39, 0.29) is 5.92 Å². The maximum Gasteiger partial charge on any atom is 0.428 e. The van der Waals surface area contributed by atoms with Crippen LogP contribution in [0.2, 0.25) is 0 Å². The molecular weight excluding hydrogens is 254 g/mol. The second kappa shape index (κ2) is 4.21. The summed E-state index contributed by atoms with van der Waals surface area (Å²) in [6.45, 7) is 0. The lowest BCUT2D eigenvalue weighted by Crippen LogP contribution is -2.07. The van der Waals surface area contributed by atoms with Gasteiger partial charge in [0.05, 0.1) is 0 Å². The fourth-order valence-electron chi connectivity index (χ4n) is 1.67. The van der Waals surface area contributed by atoms with Gasteiger partial charge in [-0.25, -0.2) is 4.57 Å². The van der Waals surface area contributed by atoms with E-state index in [2.05, 4.69) is 6.08 Å². The van der Waals surface area contributed by atoms with Crippen LogP contribution in [0, 0.1) is 5.92 Å². The third kappa shape index (κ3) is 2.78. The summed E-state index contributed by atoms with van der Waals surface area (Å²) in [5.74, 6) is 0.773. The van der Waals surface area contributed by atoms with Crippen molar-refractivity contribution in [2.75, 3.05) is 0 Å². The molecule has 0 bridgehead atoms. The number of halogens is 2. The molecule has 0 radical (unpaired) electrons. The Balaban J connectivity index is 2.32. The van der Waals surface area contributed by atoms with E-state index in [0.717, 1.165) is 12.0 Å². The highest BCUT2D eigenvalue weighted by Crippen LogP contribution is 2.60. The highest BCUT2D eigenvalue weighted by molar-refractivity contribution is 8.05. The average molecular weight is 263 g/mol. The molecule has 1 unspecified atom stereocenters. The topological polar surface area (TPSA) is 26.3 Å². The molecule has 2 aliphatic carbocycles. The van der Waals surface area contributed by atoms with Gasteiger partial charge in [0.2, 0.25) is 0 Å². The minimum Gasteiger partial charge on any atom is -0.422 e. The van der Waals surface area contributed by atoms with Gasteiger partial charge in [-0.1, -0.05) is 30.4 Å². The van der Waals surface area contributed by atoms with Crippen molar-refractivity contribution in [2.45, 2.75) is 6.42 Å². The van der Waals surface area contributed by atoms with Gasteiger partial charge in [0.15, 0.2) is 0 Å². The molecular formula is C10H9Cl2O2P. The molecule has 0 fully saturated rings. The third-order valence-corrected chi connectivity index (χ3v) is 3.10. The molecule has 2 aliphatic rings. The minimum atomic E-state index is -3.52. The van der Waals surface area contributed by atoms with Gasteiger partial charge in [0, 0.05) is 34.0 Å². The largest absolute Gasteiger partial charge is 0.428 e. The fourth-order valence-corrected chi connectivity index (χ4v) is 2.51. The molecule has 0 saturated heterocycles. The molecule has 2 nitrogen and oxygen atoms in total. The summed E-state index contributed by atoms with van der Waals surface area (Å²) in [6.07, 6.45) is 8.98. The number of rotatable bonds is 2. The summed E-state index contributed by atoms with van der Waals surface area (Å²) in [6, 6.07) is 0. The summed E-state index contributed by atoms with van der Waals surface area (Å²) in [5, 5.41) is 0. The molecule has 0 aromatic carbocycles. The molecule has 0 N–H and O–H groups in total. The van der Waals surface area contributed by atoms with E-state index in [1.54, 1.807) is 6.08 Å². The Morgan fingerprint density at radius 3 is 2.87 bits per heavy atom. The standard InChI is InChI=1S/C10H9Cl2O2P/c11-15(12,13)14-10-7-3-5-8-4-1-2-6-9(8)10/h1-4,6-8H,5H2. The first-order valence-corrected chi connectivity index (χ1v) is 7.94. The maximum atomic E-state index is 11.2. The molecule has 5 heteroatoms. The zero-order chi connectivity index (χ0) is 10.9. The highest BCUT2D eigenvalue weighted by Gasteiger charge is 2.24. The van der Waals surface area contributed by atoms with E-state index in [9.17, 15) is 4.57 Å². The average Bonchev–Trinajstić information content (AvgIpc) is 2.16. The van der Waals surface area contributed by atoms with E-state index >= 15 is 0 Å². The van der Waals surface area contributed by atoms with E-state index in [1.807, 2.05) is 24.3 Å². The summed E-state index contributed by atoms with van der Waals surface area (Å²) < 4.78 is 16.2. The van der Waals surface area contributed by atoms with E-state index in [1.165, 1.54) is 0 Å². The molecule has 0 heterocycles. The Kier molecular flexibility index (Phi) is 3.11. The smallest absolute Gasteiger partial charge is 0.422 e. The van der Waals surface area contributed by atoms with Gasteiger partial charge in [-0.15, -0.1) is 0 Å². The quantitative estimate of drug-likeness (QED) is 0.683. The van der Waals surface area contributed by atoms with Crippen molar-refractivity contribution in [1.29, 1.82) is 0 Å². The maximum absolute atomic E-state index is 11.2. The van der Waals surface area contributed by atoms with Crippen molar-refractivity contribution in [3.8, 4) is 0 Å². The molecule has 0 amide bonds. The minimum absolute atomic E-state index is 0.273. The first-order chi connectivity index (χ1) is 7.06. The molecule has 2 rings (SSSR count). The predicted octanol–water partition coefficient (Wildman–Crippen LogP) is 4.54. The van der Waals surface area contributed by atoms with Crippen LogP contribution < -0.4 is 0 Å². The predicted molar refractivity (Wildman–Crippen MR) is 63.0 cm³/mol. The second-order valence-corrected chi connectivity index (χ2v) is 7.51. The molecule has 1 atom stereocenters. The van der Waals surface area contributed by atoms with Crippen LogP contribution in [0.4, 0.5) is 0 Å².